The first-order valence-electron chi connectivity index (χ1n) is 9.22. The highest BCUT2D eigenvalue weighted by Crippen LogP contribution is 2.18. The number of nitrogens with one attached hydrogen (secondary N) is 1. The summed E-state index contributed by atoms with van der Waals surface area (Å²) in [4.78, 5) is 14.9. The maximum Gasteiger partial charge on any atom is 0.255 e. The van der Waals surface area contributed by atoms with Gasteiger partial charge in [0.1, 0.15) is 0 Å². The summed E-state index contributed by atoms with van der Waals surface area (Å²) < 4.78 is 0. The molecule has 0 saturated carbocycles. The molecule has 1 heterocycles. The molecule has 26 heavy (non-hydrogen) atoms. The quantitative estimate of drug-likeness (QED) is 0.880. The molecule has 1 fully saturated rings. The van der Waals surface area contributed by atoms with Crippen molar-refractivity contribution in [3.8, 4) is 6.07 Å². The molecule has 0 aromatic heterocycles. The van der Waals surface area contributed by atoms with Gasteiger partial charge in [-0.1, -0.05) is 31.2 Å². The number of hydrogen-bond acceptors (Lipinski definition) is 3. The molecule has 2 aromatic carbocycles. The Morgan fingerprint density at radius 3 is 2.50 bits per heavy atom. The van der Waals surface area contributed by atoms with E-state index in [1.165, 1.54) is 18.4 Å². The summed E-state index contributed by atoms with van der Waals surface area (Å²) in [5.74, 6) is 0.657. The fraction of sp³-hybridized carbons (Fsp3) is 0.364. The van der Waals surface area contributed by atoms with Crippen LogP contribution >= 0.6 is 0 Å². The Kier molecular flexibility index (Phi) is 6.04. The van der Waals surface area contributed by atoms with Gasteiger partial charge in [-0.25, -0.2) is 0 Å². The average Bonchev–Trinajstić information content (AvgIpc) is 2.64. The lowest BCUT2D eigenvalue weighted by Crippen LogP contribution is -2.33. The van der Waals surface area contributed by atoms with Gasteiger partial charge in [0.25, 0.3) is 5.91 Å². The van der Waals surface area contributed by atoms with Crippen LogP contribution in [0.1, 0.15) is 41.3 Å². The van der Waals surface area contributed by atoms with Gasteiger partial charge in [0.15, 0.2) is 0 Å². The SMILES string of the molecule is C[C@H]1CCCN(Cc2ccc(C(=O)Nc3ccc(CC#N)cc3)cc2)C1. The molecule has 1 N–H and O–H groups in total. The molecule has 0 radical (unpaired) electrons. The Bertz CT molecular complexity index is 775. The van der Waals surface area contributed by atoms with Crippen molar-refractivity contribution in [1.82, 2.24) is 4.90 Å². The van der Waals surface area contributed by atoms with E-state index in [-0.39, 0.29) is 5.91 Å². The Balaban J connectivity index is 1.57. The second kappa shape index (κ2) is 8.64. The Labute approximate surface area is 155 Å². The average molecular weight is 347 g/mol. The number of carbonyl (C=O) groups excluding carboxylic acids is 1. The summed E-state index contributed by atoms with van der Waals surface area (Å²) >= 11 is 0. The molecule has 4 heteroatoms. The number of carbonyl (C=O) groups is 1. The number of benzene rings is 2. The molecule has 2 aromatic rings. The van der Waals surface area contributed by atoms with Crippen molar-refractivity contribution in [2.45, 2.75) is 32.7 Å². The zero-order chi connectivity index (χ0) is 18.4. The summed E-state index contributed by atoms with van der Waals surface area (Å²) in [6.45, 7) is 5.58. The van der Waals surface area contributed by atoms with Gasteiger partial charge < -0.3 is 5.32 Å². The fourth-order valence-corrected chi connectivity index (χ4v) is 3.45. The molecule has 4 nitrogen and oxygen atoms in total. The molecule has 1 aliphatic heterocycles. The van der Waals surface area contributed by atoms with Crippen molar-refractivity contribution in [3.63, 3.8) is 0 Å². The number of nitriles is 1. The van der Waals surface area contributed by atoms with Crippen molar-refractivity contribution in [2.24, 2.45) is 5.92 Å². The van der Waals surface area contributed by atoms with Crippen molar-refractivity contribution in [2.75, 3.05) is 18.4 Å². The van der Waals surface area contributed by atoms with Gasteiger partial charge in [-0.2, -0.15) is 5.26 Å². The van der Waals surface area contributed by atoms with Gasteiger partial charge in [0.2, 0.25) is 0 Å². The van der Waals surface area contributed by atoms with Crippen molar-refractivity contribution >= 4 is 11.6 Å². The maximum atomic E-state index is 12.4. The number of hydrogen-bond donors (Lipinski definition) is 1. The highest BCUT2D eigenvalue weighted by atomic mass is 16.1. The topological polar surface area (TPSA) is 56.1 Å². The van der Waals surface area contributed by atoms with Gasteiger partial charge in [-0.3, -0.25) is 9.69 Å². The van der Waals surface area contributed by atoms with E-state index in [1.807, 2.05) is 48.5 Å². The van der Waals surface area contributed by atoms with E-state index in [4.69, 9.17) is 5.26 Å². The largest absolute Gasteiger partial charge is 0.322 e. The van der Waals surface area contributed by atoms with E-state index in [1.54, 1.807) is 0 Å². The van der Waals surface area contributed by atoms with Crippen LogP contribution in [0.3, 0.4) is 0 Å². The number of piperidine rings is 1. The van der Waals surface area contributed by atoms with E-state index in [9.17, 15) is 4.79 Å². The number of likely N-dealkylation sites (tertiary alicyclic amines) is 1. The zero-order valence-corrected chi connectivity index (χ0v) is 15.2. The Morgan fingerprint density at radius 1 is 1.15 bits per heavy atom. The van der Waals surface area contributed by atoms with E-state index in [0.29, 0.717) is 12.0 Å². The summed E-state index contributed by atoms with van der Waals surface area (Å²) in [5, 5.41) is 11.6. The van der Waals surface area contributed by atoms with Crippen molar-refractivity contribution in [3.05, 3.63) is 65.2 Å². The second-order valence-electron chi connectivity index (χ2n) is 7.17. The van der Waals surface area contributed by atoms with Crippen LogP contribution in [0, 0.1) is 17.2 Å². The summed E-state index contributed by atoms with van der Waals surface area (Å²) in [6.07, 6.45) is 2.98. The monoisotopic (exact) mass is 347 g/mol. The normalized spacial score (nSPS) is 17.5. The minimum Gasteiger partial charge on any atom is -0.322 e. The van der Waals surface area contributed by atoms with Gasteiger partial charge >= 0.3 is 0 Å². The standard InChI is InChI=1S/C22H25N3O/c1-17-3-2-14-25(15-17)16-19-4-8-20(9-5-19)22(26)24-21-10-6-18(7-11-21)12-13-23/h4-11,17H,2-3,12,14-16H2,1H3,(H,24,26)/t17-/m0/s1. The van der Waals surface area contributed by atoms with Crippen LogP contribution < -0.4 is 5.32 Å². The van der Waals surface area contributed by atoms with Crippen LogP contribution in [-0.2, 0) is 13.0 Å². The maximum absolute atomic E-state index is 12.4. The first kappa shape index (κ1) is 18.2. The van der Waals surface area contributed by atoms with E-state index < -0.39 is 0 Å². The lowest BCUT2D eigenvalue weighted by atomic mass is 9.99. The van der Waals surface area contributed by atoms with Crippen LogP contribution in [-0.4, -0.2) is 23.9 Å². The molecule has 0 aliphatic carbocycles. The third kappa shape index (κ3) is 4.93. The smallest absolute Gasteiger partial charge is 0.255 e. The third-order valence-corrected chi connectivity index (χ3v) is 4.86. The first-order chi connectivity index (χ1) is 12.6. The lowest BCUT2D eigenvalue weighted by molar-refractivity contribution is 0.102. The molecule has 1 amide bonds. The van der Waals surface area contributed by atoms with Gasteiger partial charge in [-0.05, 0) is 60.7 Å². The first-order valence-corrected chi connectivity index (χ1v) is 9.22. The van der Waals surface area contributed by atoms with E-state index in [0.717, 1.165) is 36.8 Å². The minimum atomic E-state index is -0.115. The summed E-state index contributed by atoms with van der Waals surface area (Å²) in [5.41, 5.74) is 3.59. The molecule has 0 unspecified atom stereocenters. The molecular formula is C22H25N3O. The van der Waals surface area contributed by atoms with Crippen molar-refractivity contribution in [1.29, 1.82) is 5.26 Å². The van der Waals surface area contributed by atoms with Crippen LogP contribution in [0.4, 0.5) is 5.69 Å². The summed E-state index contributed by atoms with van der Waals surface area (Å²) in [7, 11) is 0. The predicted octanol–water partition coefficient (Wildman–Crippen LogP) is 4.24. The third-order valence-electron chi connectivity index (χ3n) is 4.86. The molecule has 1 atom stereocenters. The summed E-state index contributed by atoms with van der Waals surface area (Å²) in [6, 6.07) is 17.4. The van der Waals surface area contributed by atoms with Crippen LogP contribution in [0.25, 0.3) is 0 Å². The minimum absolute atomic E-state index is 0.115. The van der Waals surface area contributed by atoms with Crippen LogP contribution in [0.5, 0.6) is 0 Å². The highest BCUT2D eigenvalue weighted by molar-refractivity contribution is 6.04. The zero-order valence-electron chi connectivity index (χ0n) is 15.2. The Morgan fingerprint density at radius 2 is 1.85 bits per heavy atom. The van der Waals surface area contributed by atoms with E-state index >= 15 is 0 Å². The molecule has 3 rings (SSSR count). The van der Waals surface area contributed by atoms with Gasteiger partial charge in [-0.15, -0.1) is 0 Å². The highest BCUT2D eigenvalue weighted by Gasteiger charge is 2.16. The van der Waals surface area contributed by atoms with Crippen molar-refractivity contribution < 1.29 is 4.79 Å². The van der Waals surface area contributed by atoms with Crippen LogP contribution in [0.2, 0.25) is 0 Å². The predicted molar refractivity (Wildman–Crippen MR) is 104 cm³/mol. The molecule has 134 valence electrons. The lowest BCUT2D eigenvalue weighted by Gasteiger charge is -2.30. The number of anilines is 1. The number of nitrogens with zero attached hydrogens (tertiary/aromatic N) is 2. The molecule has 0 bridgehead atoms. The van der Waals surface area contributed by atoms with E-state index in [2.05, 4.69) is 23.2 Å². The molecule has 1 aliphatic rings. The number of rotatable bonds is 5. The van der Waals surface area contributed by atoms with Crippen LogP contribution in [0.15, 0.2) is 48.5 Å². The fourth-order valence-electron chi connectivity index (χ4n) is 3.45. The molecular weight excluding hydrogens is 322 g/mol. The Hall–Kier alpha value is -2.64. The number of amides is 1. The molecule has 0 spiro atoms. The second-order valence-corrected chi connectivity index (χ2v) is 7.17. The van der Waals surface area contributed by atoms with Gasteiger partial charge in [0, 0.05) is 24.3 Å². The molecule has 1 saturated heterocycles. The van der Waals surface area contributed by atoms with Gasteiger partial charge in [0.05, 0.1) is 12.5 Å².